The third-order valence-electron chi connectivity index (χ3n) is 7.70. The van der Waals surface area contributed by atoms with Crippen molar-refractivity contribution < 1.29 is 8.78 Å². The molecule has 36 heavy (non-hydrogen) atoms. The number of halogens is 2. The minimum atomic E-state index is -2.52. The largest absolute Gasteiger partial charge is 0.346 e. The van der Waals surface area contributed by atoms with Crippen molar-refractivity contribution in [2.45, 2.75) is 91.0 Å². The first kappa shape index (κ1) is 26.2. The summed E-state index contributed by atoms with van der Waals surface area (Å²) in [5, 5.41) is 8.30. The average molecular weight is 492 g/mol. The predicted octanol–water partition coefficient (Wildman–Crippen LogP) is 9.02. The van der Waals surface area contributed by atoms with Crippen LogP contribution < -0.4 is 0 Å². The summed E-state index contributed by atoms with van der Waals surface area (Å²) in [6.45, 7) is 12.8. The Morgan fingerprint density at radius 3 is 2.58 bits per heavy atom. The second-order valence-corrected chi connectivity index (χ2v) is 10.8. The molecule has 2 aromatic rings. The number of rotatable bonds is 8. The Morgan fingerprint density at radius 1 is 1.25 bits per heavy atom. The number of pyridine rings is 1. The molecule has 4 rings (SSSR count). The van der Waals surface area contributed by atoms with Gasteiger partial charge in [-0.2, -0.15) is 0 Å². The fourth-order valence-corrected chi connectivity index (χ4v) is 5.91. The lowest BCUT2D eigenvalue weighted by Crippen LogP contribution is -2.26. The van der Waals surface area contributed by atoms with Crippen LogP contribution in [0, 0.1) is 11.3 Å². The number of fused-ring (bicyclic) bond motifs is 1. The van der Waals surface area contributed by atoms with E-state index in [-0.39, 0.29) is 24.7 Å². The molecule has 0 aliphatic heterocycles. The maximum atomic E-state index is 13.8. The summed E-state index contributed by atoms with van der Waals surface area (Å²) in [4.78, 5) is 4.95. The Kier molecular flexibility index (Phi) is 7.77. The Balaban J connectivity index is 1.79. The maximum absolute atomic E-state index is 13.8. The third-order valence-corrected chi connectivity index (χ3v) is 7.70. The van der Waals surface area contributed by atoms with Crippen LogP contribution >= 0.6 is 0 Å². The molecule has 0 saturated heterocycles. The Labute approximate surface area is 214 Å². The number of nitrogens with one attached hydrogen (secondary N) is 1. The molecule has 2 aliphatic rings. The van der Waals surface area contributed by atoms with Gasteiger partial charge in [-0.3, -0.25) is 4.98 Å². The SMILES string of the molecule is C=CC1=CCC(c2cn(CC3CCC(F)(F)CC3)c3cc(C(C(C)=N)=C(C)C)cnc23)C=C1CCC. The van der Waals surface area contributed by atoms with Gasteiger partial charge in [0.1, 0.15) is 0 Å². The zero-order valence-electron chi connectivity index (χ0n) is 22.1. The van der Waals surface area contributed by atoms with E-state index in [0.29, 0.717) is 18.6 Å². The summed E-state index contributed by atoms with van der Waals surface area (Å²) in [6, 6.07) is 2.15. The molecular formula is C31H39F2N3. The number of hydrogen-bond donors (Lipinski definition) is 1. The van der Waals surface area contributed by atoms with E-state index in [1.165, 1.54) is 16.7 Å². The maximum Gasteiger partial charge on any atom is 0.248 e. The minimum Gasteiger partial charge on any atom is -0.346 e. The summed E-state index contributed by atoms with van der Waals surface area (Å²) in [6.07, 6.45) is 14.7. The number of allylic oxidation sites excluding steroid dienone is 7. The zero-order valence-corrected chi connectivity index (χ0v) is 22.1. The lowest BCUT2D eigenvalue weighted by atomic mass is 9.85. The number of alkyl halides is 2. The van der Waals surface area contributed by atoms with E-state index in [2.05, 4.69) is 42.5 Å². The van der Waals surface area contributed by atoms with E-state index in [4.69, 9.17) is 10.4 Å². The van der Waals surface area contributed by atoms with Crippen LogP contribution in [0.1, 0.15) is 89.7 Å². The van der Waals surface area contributed by atoms with Gasteiger partial charge < -0.3 is 9.98 Å². The molecule has 1 fully saturated rings. The first-order valence-corrected chi connectivity index (χ1v) is 13.3. The van der Waals surface area contributed by atoms with Crippen LogP contribution in [-0.2, 0) is 6.54 Å². The van der Waals surface area contributed by atoms with Gasteiger partial charge in [-0.15, -0.1) is 0 Å². The molecular weight excluding hydrogens is 452 g/mol. The first-order chi connectivity index (χ1) is 17.1. The lowest BCUT2D eigenvalue weighted by molar-refractivity contribution is -0.0472. The topological polar surface area (TPSA) is 41.7 Å². The Bertz CT molecular complexity index is 1240. The van der Waals surface area contributed by atoms with Gasteiger partial charge in [0.2, 0.25) is 5.92 Å². The molecule has 2 heterocycles. The van der Waals surface area contributed by atoms with Crippen molar-refractivity contribution >= 4 is 22.3 Å². The van der Waals surface area contributed by atoms with Crippen molar-refractivity contribution in [3.05, 3.63) is 71.1 Å². The monoisotopic (exact) mass is 491 g/mol. The molecule has 192 valence electrons. The van der Waals surface area contributed by atoms with E-state index in [0.717, 1.165) is 53.6 Å². The van der Waals surface area contributed by atoms with Crippen molar-refractivity contribution in [1.29, 1.82) is 5.41 Å². The number of hydrogen-bond acceptors (Lipinski definition) is 2. The minimum absolute atomic E-state index is 0.0248. The standard InChI is InChI=1S/C31H39F2N3/c1-6-8-24-15-25(10-9-23(24)7-2)27-19-36(18-22-11-13-31(32,33)14-12-22)28-16-26(17-35-30(27)28)29(20(3)4)21(5)34/h7,9,15-17,19,22,25,34H,2,6,8,10-14,18H2,1,3-5H3. The van der Waals surface area contributed by atoms with Gasteiger partial charge in [-0.05, 0) is 69.6 Å². The van der Waals surface area contributed by atoms with Crippen LogP contribution in [0.25, 0.3) is 16.6 Å². The third kappa shape index (κ3) is 5.45. The van der Waals surface area contributed by atoms with Gasteiger partial charge in [0.05, 0.1) is 11.0 Å². The van der Waals surface area contributed by atoms with Gasteiger partial charge in [0.15, 0.2) is 0 Å². The fraction of sp³-hybridized carbons (Fsp3) is 0.484. The average Bonchev–Trinajstić information content (AvgIpc) is 3.18. The van der Waals surface area contributed by atoms with Crippen LogP contribution in [-0.4, -0.2) is 21.2 Å². The molecule has 0 amide bonds. The molecule has 1 saturated carbocycles. The molecule has 1 atom stereocenters. The van der Waals surface area contributed by atoms with Crippen molar-refractivity contribution in [2.75, 3.05) is 0 Å². The highest BCUT2D eigenvalue weighted by atomic mass is 19.3. The summed E-state index contributed by atoms with van der Waals surface area (Å²) >= 11 is 0. The van der Waals surface area contributed by atoms with Crippen LogP contribution in [0.15, 0.2) is 60.0 Å². The van der Waals surface area contributed by atoms with Crippen molar-refractivity contribution in [2.24, 2.45) is 5.92 Å². The molecule has 3 nitrogen and oxygen atoms in total. The summed E-state index contributed by atoms with van der Waals surface area (Å²) in [7, 11) is 0. The normalized spacial score (nSPS) is 20.1. The van der Waals surface area contributed by atoms with Crippen LogP contribution in [0.3, 0.4) is 0 Å². The van der Waals surface area contributed by atoms with Crippen LogP contribution in [0.2, 0.25) is 0 Å². The van der Waals surface area contributed by atoms with Crippen LogP contribution in [0.5, 0.6) is 0 Å². The molecule has 0 radical (unpaired) electrons. The van der Waals surface area contributed by atoms with E-state index in [9.17, 15) is 8.78 Å². The molecule has 0 aromatic carbocycles. The van der Waals surface area contributed by atoms with Gasteiger partial charge in [0.25, 0.3) is 0 Å². The van der Waals surface area contributed by atoms with Gasteiger partial charge in [0, 0.05) is 60.1 Å². The molecule has 5 heteroatoms. The van der Waals surface area contributed by atoms with Crippen molar-refractivity contribution in [3.63, 3.8) is 0 Å². The summed E-state index contributed by atoms with van der Waals surface area (Å²) in [5.74, 6) is -2.07. The van der Waals surface area contributed by atoms with Gasteiger partial charge in [-0.1, -0.05) is 43.7 Å². The fourth-order valence-electron chi connectivity index (χ4n) is 5.91. The summed E-state index contributed by atoms with van der Waals surface area (Å²) < 4.78 is 29.9. The van der Waals surface area contributed by atoms with Crippen molar-refractivity contribution in [3.8, 4) is 0 Å². The lowest BCUT2D eigenvalue weighted by Gasteiger charge is -2.28. The van der Waals surface area contributed by atoms with E-state index in [1.807, 2.05) is 33.0 Å². The van der Waals surface area contributed by atoms with Gasteiger partial charge >= 0.3 is 0 Å². The Hall–Kier alpha value is -2.82. The Morgan fingerprint density at radius 2 is 1.97 bits per heavy atom. The number of aromatic nitrogens is 2. The van der Waals surface area contributed by atoms with Gasteiger partial charge in [-0.25, -0.2) is 8.78 Å². The van der Waals surface area contributed by atoms with Crippen LogP contribution in [0.4, 0.5) is 8.78 Å². The molecule has 0 spiro atoms. The van der Waals surface area contributed by atoms with E-state index < -0.39 is 5.92 Å². The molecule has 0 bridgehead atoms. The van der Waals surface area contributed by atoms with E-state index >= 15 is 0 Å². The first-order valence-electron chi connectivity index (χ1n) is 13.3. The quantitative estimate of drug-likeness (QED) is 0.368. The molecule has 1 unspecified atom stereocenters. The smallest absolute Gasteiger partial charge is 0.248 e. The number of nitrogens with zero attached hydrogens (tertiary/aromatic N) is 2. The highest BCUT2D eigenvalue weighted by molar-refractivity contribution is 6.22. The second kappa shape index (κ2) is 10.7. The summed E-state index contributed by atoms with van der Waals surface area (Å²) in [5.41, 5.74) is 9.21. The molecule has 2 aliphatic carbocycles. The highest BCUT2D eigenvalue weighted by Crippen LogP contribution is 2.40. The van der Waals surface area contributed by atoms with Crippen molar-refractivity contribution in [1.82, 2.24) is 9.55 Å². The molecule has 1 N–H and O–H groups in total. The molecule has 2 aromatic heterocycles. The predicted molar refractivity (Wildman–Crippen MR) is 147 cm³/mol. The highest BCUT2D eigenvalue weighted by Gasteiger charge is 2.35. The zero-order chi connectivity index (χ0) is 26.0. The van der Waals surface area contributed by atoms with E-state index in [1.54, 1.807) is 0 Å². The second-order valence-electron chi connectivity index (χ2n) is 10.8.